The molecule has 0 saturated heterocycles. The zero-order valence-electron chi connectivity index (χ0n) is 10.9. The Morgan fingerprint density at radius 2 is 2.30 bits per heavy atom. The Kier molecular flexibility index (Phi) is 4.09. The topological polar surface area (TPSA) is 87.3 Å². The van der Waals surface area contributed by atoms with Crippen LogP contribution in [0.25, 0.3) is 0 Å². The SMILES string of the molecule is Cn1ccnc1CCOc1ccc(C=O)cc1[N+](=O)[O-]. The number of imidazole rings is 1. The lowest BCUT2D eigenvalue weighted by atomic mass is 10.2. The van der Waals surface area contributed by atoms with E-state index in [9.17, 15) is 14.9 Å². The molecule has 1 heterocycles. The first-order valence-corrected chi connectivity index (χ1v) is 5.94. The minimum atomic E-state index is -0.566. The molecule has 2 rings (SSSR count). The predicted molar refractivity (Wildman–Crippen MR) is 70.9 cm³/mol. The fourth-order valence-corrected chi connectivity index (χ4v) is 1.76. The van der Waals surface area contributed by atoms with E-state index < -0.39 is 4.92 Å². The van der Waals surface area contributed by atoms with Crippen molar-refractivity contribution in [3.63, 3.8) is 0 Å². The Balaban J connectivity index is 2.07. The van der Waals surface area contributed by atoms with Crippen LogP contribution in [0.5, 0.6) is 5.75 Å². The molecule has 0 amide bonds. The van der Waals surface area contributed by atoms with E-state index in [1.807, 2.05) is 17.8 Å². The number of aryl methyl sites for hydroxylation is 1. The Labute approximate surface area is 115 Å². The fourth-order valence-electron chi connectivity index (χ4n) is 1.76. The lowest BCUT2D eigenvalue weighted by Gasteiger charge is -2.07. The number of hydrogen-bond donors (Lipinski definition) is 0. The third kappa shape index (κ3) is 3.00. The van der Waals surface area contributed by atoms with Gasteiger partial charge in [0, 0.05) is 37.5 Å². The van der Waals surface area contributed by atoms with Crippen LogP contribution in [0.1, 0.15) is 16.2 Å². The second-order valence-electron chi connectivity index (χ2n) is 4.15. The van der Waals surface area contributed by atoms with E-state index in [1.54, 1.807) is 6.20 Å². The van der Waals surface area contributed by atoms with E-state index in [0.717, 1.165) is 5.82 Å². The number of ether oxygens (including phenoxy) is 1. The smallest absolute Gasteiger partial charge is 0.311 e. The molecule has 0 spiro atoms. The highest BCUT2D eigenvalue weighted by atomic mass is 16.6. The van der Waals surface area contributed by atoms with Crippen LogP contribution < -0.4 is 4.74 Å². The number of nitrogens with zero attached hydrogens (tertiary/aromatic N) is 3. The van der Waals surface area contributed by atoms with Crippen molar-refractivity contribution in [1.82, 2.24) is 9.55 Å². The highest BCUT2D eigenvalue weighted by Crippen LogP contribution is 2.27. The van der Waals surface area contributed by atoms with Crippen LogP contribution in [-0.2, 0) is 13.5 Å². The lowest BCUT2D eigenvalue weighted by molar-refractivity contribution is -0.385. The van der Waals surface area contributed by atoms with Crippen LogP contribution in [0, 0.1) is 10.1 Å². The molecular weight excluding hydrogens is 262 g/mol. The zero-order valence-corrected chi connectivity index (χ0v) is 10.9. The second-order valence-corrected chi connectivity index (χ2v) is 4.15. The van der Waals surface area contributed by atoms with Gasteiger partial charge < -0.3 is 9.30 Å². The maximum atomic E-state index is 10.9. The Morgan fingerprint density at radius 3 is 2.90 bits per heavy atom. The molecule has 0 N–H and O–H groups in total. The average molecular weight is 275 g/mol. The van der Waals surface area contributed by atoms with Crippen LogP contribution in [0.3, 0.4) is 0 Å². The van der Waals surface area contributed by atoms with Crippen LogP contribution >= 0.6 is 0 Å². The molecule has 20 heavy (non-hydrogen) atoms. The van der Waals surface area contributed by atoms with Gasteiger partial charge in [0.15, 0.2) is 5.75 Å². The van der Waals surface area contributed by atoms with E-state index >= 15 is 0 Å². The maximum absolute atomic E-state index is 10.9. The van der Waals surface area contributed by atoms with Crippen molar-refractivity contribution in [2.75, 3.05) is 6.61 Å². The molecule has 0 unspecified atom stereocenters. The highest BCUT2D eigenvalue weighted by Gasteiger charge is 2.16. The fraction of sp³-hybridized carbons (Fsp3) is 0.231. The summed E-state index contributed by atoms with van der Waals surface area (Å²) in [5.74, 6) is 0.979. The van der Waals surface area contributed by atoms with Gasteiger partial charge in [-0.05, 0) is 12.1 Å². The van der Waals surface area contributed by atoms with Crippen molar-refractivity contribution in [2.45, 2.75) is 6.42 Å². The van der Waals surface area contributed by atoms with Crippen LogP contribution in [0.4, 0.5) is 5.69 Å². The van der Waals surface area contributed by atoms with Crippen LogP contribution in [-0.4, -0.2) is 27.4 Å². The molecular formula is C13H13N3O4. The summed E-state index contributed by atoms with van der Waals surface area (Å²) in [6.07, 6.45) is 4.59. The van der Waals surface area contributed by atoms with E-state index in [2.05, 4.69) is 4.98 Å². The molecule has 0 aliphatic rings. The van der Waals surface area contributed by atoms with E-state index in [1.165, 1.54) is 18.2 Å². The van der Waals surface area contributed by atoms with E-state index in [0.29, 0.717) is 12.7 Å². The van der Waals surface area contributed by atoms with Gasteiger partial charge in [-0.3, -0.25) is 14.9 Å². The van der Waals surface area contributed by atoms with Gasteiger partial charge in [0.1, 0.15) is 12.1 Å². The normalized spacial score (nSPS) is 10.2. The number of benzene rings is 1. The molecule has 0 aliphatic carbocycles. The molecule has 0 atom stereocenters. The standard InChI is InChI=1S/C13H13N3O4/c1-15-6-5-14-13(15)4-7-20-12-3-2-10(9-17)8-11(12)16(18)19/h2-3,5-6,8-9H,4,7H2,1H3. The monoisotopic (exact) mass is 275 g/mol. The number of aldehydes is 1. The van der Waals surface area contributed by atoms with Gasteiger partial charge in [-0.1, -0.05) is 0 Å². The minimum absolute atomic E-state index is 0.148. The molecule has 7 heteroatoms. The van der Waals surface area contributed by atoms with Gasteiger partial charge in [0.2, 0.25) is 0 Å². The predicted octanol–water partition coefficient (Wildman–Crippen LogP) is 1.76. The number of rotatable bonds is 6. The first-order valence-electron chi connectivity index (χ1n) is 5.94. The molecule has 0 radical (unpaired) electrons. The minimum Gasteiger partial charge on any atom is -0.486 e. The van der Waals surface area contributed by atoms with Gasteiger partial charge in [0.25, 0.3) is 0 Å². The lowest BCUT2D eigenvalue weighted by Crippen LogP contribution is -2.07. The van der Waals surface area contributed by atoms with Crippen LogP contribution in [0.15, 0.2) is 30.6 Å². The highest BCUT2D eigenvalue weighted by molar-refractivity contribution is 5.77. The van der Waals surface area contributed by atoms with Gasteiger partial charge >= 0.3 is 5.69 Å². The summed E-state index contributed by atoms with van der Waals surface area (Å²) in [6.45, 7) is 0.270. The molecule has 0 aliphatic heterocycles. The summed E-state index contributed by atoms with van der Waals surface area (Å²) >= 11 is 0. The quantitative estimate of drug-likeness (QED) is 0.455. The molecule has 1 aromatic heterocycles. The number of nitro groups is 1. The third-order valence-corrected chi connectivity index (χ3v) is 2.82. The molecule has 0 bridgehead atoms. The van der Waals surface area contributed by atoms with Crippen molar-refractivity contribution < 1.29 is 14.5 Å². The molecule has 104 valence electrons. The van der Waals surface area contributed by atoms with Crippen molar-refractivity contribution in [2.24, 2.45) is 7.05 Å². The van der Waals surface area contributed by atoms with Crippen LogP contribution in [0.2, 0.25) is 0 Å². The summed E-state index contributed by atoms with van der Waals surface area (Å²) in [5, 5.41) is 10.9. The van der Waals surface area contributed by atoms with Crippen molar-refractivity contribution in [3.8, 4) is 5.75 Å². The molecule has 2 aromatic rings. The summed E-state index contributed by atoms with van der Waals surface area (Å²) in [6, 6.07) is 4.11. The van der Waals surface area contributed by atoms with Crippen molar-refractivity contribution in [1.29, 1.82) is 0 Å². The molecule has 0 saturated carbocycles. The van der Waals surface area contributed by atoms with Gasteiger partial charge in [-0.15, -0.1) is 0 Å². The summed E-state index contributed by atoms with van der Waals surface area (Å²) in [7, 11) is 1.86. The molecule has 7 nitrogen and oxygen atoms in total. The number of hydrogen-bond acceptors (Lipinski definition) is 5. The number of carbonyl (C=O) groups is 1. The number of carbonyl (C=O) groups excluding carboxylic acids is 1. The number of nitro benzene ring substituents is 1. The third-order valence-electron chi connectivity index (χ3n) is 2.82. The van der Waals surface area contributed by atoms with E-state index in [4.69, 9.17) is 4.74 Å². The van der Waals surface area contributed by atoms with Crippen molar-refractivity contribution in [3.05, 3.63) is 52.1 Å². The number of aromatic nitrogens is 2. The largest absolute Gasteiger partial charge is 0.486 e. The second kappa shape index (κ2) is 5.96. The first-order chi connectivity index (χ1) is 9.61. The Morgan fingerprint density at radius 1 is 1.50 bits per heavy atom. The van der Waals surface area contributed by atoms with Gasteiger partial charge in [-0.2, -0.15) is 0 Å². The summed E-state index contributed by atoms with van der Waals surface area (Å²) in [5.41, 5.74) is 0.0302. The Bertz CT molecular complexity index is 636. The Hall–Kier alpha value is -2.70. The average Bonchev–Trinajstić information content (AvgIpc) is 2.84. The maximum Gasteiger partial charge on any atom is 0.311 e. The summed E-state index contributed by atoms with van der Waals surface area (Å²) < 4.78 is 7.27. The molecule has 0 fully saturated rings. The zero-order chi connectivity index (χ0) is 14.5. The molecule has 1 aromatic carbocycles. The summed E-state index contributed by atoms with van der Waals surface area (Å²) in [4.78, 5) is 25.1. The van der Waals surface area contributed by atoms with Gasteiger partial charge in [-0.25, -0.2) is 4.98 Å². The van der Waals surface area contributed by atoms with Gasteiger partial charge in [0.05, 0.1) is 11.5 Å². The first kappa shape index (κ1) is 13.7. The van der Waals surface area contributed by atoms with Crippen molar-refractivity contribution >= 4 is 12.0 Å². The van der Waals surface area contributed by atoms with E-state index in [-0.39, 0.29) is 23.6 Å².